The lowest BCUT2D eigenvalue weighted by molar-refractivity contribution is -0.119. The maximum absolute atomic E-state index is 10.8. The molecule has 0 unspecified atom stereocenters. The summed E-state index contributed by atoms with van der Waals surface area (Å²) >= 11 is 1.59. The van der Waals surface area contributed by atoms with Crippen LogP contribution in [0.3, 0.4) is 0 Å². The molecule has 0 aliphatic heterocycles. The van der Waals surface area contributed by atoms with Gasteiger partial charge >= 0.3 is 0 Å². The van der Waals surface area contributed by atoms with Gasteiger partial charge in [0.1, 0.15) is 0 Å². The van der Waals surface area contributed by atoms with Crippen molar-refractivity contribution in [2.75, 3.05) is 6.54 Å². The molecule has 0 atom stereocenters. The Balaban J connectivity index is 2.28. The average Bonchev–Trinajstić information content (AvgIpc) is 2.53. The fraction of sp³-hybridized carbons (Fsp3) is 0.250. The van der Waals surface area contributed by atoms with Crippen LogP contribution < -0.4 is 5.32 Å². The first-order valence-corrected chi connectivity index (χ1v) is 4.33. The minimum Gasteiger partial charge on any atom is -0.345 e. The Morgan fingerprint density at radius 3 is 3.17 bits per heavy atom. The summed E-state index contributed by atoms with van der Waals surface area (Å²) in [6, 6.07) is 3.88. The van der Waals surface area contributed by atoms with E-state index in [-0.39, 0.29) is 12.5 Å². The molecule has 0 radical (unpaired) electrons. The van der Waals surface area contributed by atoms with Crippen molar-refractivity contribution in [3.63, 3.8) is 0 Å². The number of thiophene rings is 1. The highest BCUT2D eigenvalue weighted by Crippen LogP contribution is 2.06. The number of hydrogen-bond donors (Lipinski definition) is 1. The van der Waals surface area contributed by atoms with E-state index in [9.17, 15) is 4.79 Å². The molecule has 0 saturated heterocycles. The summed E-state index contributed by atoms with van der Waals surface area (Å²) < 4.78 is 0. The second-order valence-electron chi connectivity index (χ2n) is 2.17. The van der Waals surface area contributed by atoms with Crippen LogP contribution in [-0.4, -0.2) is 12.5 Å². The first-order valence-electron chi connectivity index (χ1n) is 3.45. The van der Waals surface area contributed by atoms with Crippen LogP contribution in [0.25, 0.3) is 4.85 Å². The van der Waals surface area contributed by atoms with Gasteiger partial charge in [-0.25, -0.2) is 6.57 Å². The van der Waals surface area contributed by atoms with E-state index in [0.29, 0.717) is 6.54 Å². The summed E-state index contributed by atoms with van der Waals surface area (Å²) in [5.74, 6) is -0.210. The van der Waals surface area contributed by atoms with Crippen LogP contribution in [0.15, 0.2) is 17.5 Å². The molecule has 1 heterocycles. The SMILES string of the molecule is [C-]#[N+]CC(=O)NCc1cccs1. The maximum Gasteiger partial charge on any atom is 0.300 e. The molecule has 0 fully saturated rings. The average molecular weight is 180 g/mol. The van der Waals surface area contributed by atoms with E-state index >= 15 is 0 Å². The number of rotatable bonds is 3. The molecule has 0 aliphatic carbocycles. The van der Waals surface area contributed by atoms with Crippen molar-refractivity contribution >= 4 is 17.2 Å². The Kier molecular flexibility index (Phi) is 3.30. The van der Waals surface area contributed by atoms with Crippen LogP contribution in [-0.2, 0) is 11.3 Å². The van der Waals surface area contributed by atoms with Gasteiger partial charge in [-0.3, -0.25) is 4.79 Å². The molecule has 3 nitrogen and oxygen atoms in total. The number of carbonyl (C=O) groups excluding carboxylic acids is 1. The number of nitrogens with zero attached hydrogens (tertiary/aromatic N) is 1. The molecule has 1 aromatic rings. The third-order valence-corrected chi connectivity index (χ3v) is 2.14. The van der Waals surface area contributed by atoms with Crippen molar-refractivity contribution in [1.82, 2.24) is 5.32 Å². The highest BCUT2D eigenvalue weighted by molar-refractivity contribution is 7.09. The maximum atomic E-state index is 10.8. The number of amides is 1. The Bertz CT molecular complexity index is 287. The number of nitrogens with one attached hydrogen (secondary N) is 1. The molecule has 1 N–H and O–H groups in total. The summed E-state index contributed by atoms with van der Waals surface area (Å²) in [6.45, 7) is 6.91. The standard InChI is InChI=1S/C8H8N2OS/c1-9-6-8(11)10-5-7-3-2-4-12-7/h2-4H,5-6H2,(H,10,11). The minimum atomic E-state index is -0.210. The number of carbonyl (C=O) groups is 1. The largest absolute Gasteiger partial charge is 0.345 e. The second-order valence-corrected chi connectivity index (χ2v) is 3.20. The van der Waals surface area contributed by atoms with Gasteiger partial charge in [0.15, 0.2) is 0 Å². The van der Waals surface area contributed by atoms with Crippen LogP contribution in [0.1, 0.15) is 4.88 Å². The quantitative estimate of drug-likeness (QED) is 0.698. The highest BCUT2D eigenvalue weighted by atomic mass is 32.1. The van der Waals surface area contributed by atoms with Crippen LogP contribution in [0.5, 0.6) is 0 Å². The molecule has 1 amide bonds. The summed E-state index contributed by atoms with van der Waals surface area (Å²) in [6.07, 6.45) is 0. The first-order chi connectivity index (χ1) is 5.83. The minimum absolute atomic E-state index is 0.0780. The van der Waals surface area contributed by atoms with Crippen molar-refractivity contribution in [2.45, 2.75) is 6.54 Å². The predicted octanol–water partition coefficient (Wildman–Crippen LogP) is 1.28. The normalized spacial score (nSPS) is 8.92. The van der Waals surface area contributed by atoms with E-state index in [1.165, 1.54) is 0 Å². The molecule has 0 aromatic carbocycles. The van der Waals surface area contributed by atoms with E-state index < -0.39 is 0 Å². The predicted molar refractivity (Wildman–Crippen MR) is 47.6 cm³/mol. The lowest BCUT2D eigenvalue weighted by Crippen LogP contribution is -2.23. The van der Waals surface area contributed by atoms with E-state index in [1.807, 2.05) is 17.5 Å². The monoisotopic (exact) mass is 180 g/mol. The summed E-state index contributed by atoms with van der Waals surface area (Å²) in [5.41, 5.74) is 0. The van der Waals surface area contributed by atoms with Crippen molar-refractivity contribution in [3.8, 4) is 0 Å². The van der Waals surface area contributed by atoms with Gasteiger partial charge in [0.2, 0.25) is 0 Å². The lowest BCUT2D eigenvalue weighted by atomic mass is 10.4. The zero-order valence-corrected chi connectivity index (χ0v) is 7.23. The topological polar surface area (TPSA) is 33.5 Å². The molecule has 62 valence electrons. The van der Waals surface area contributed by atoms with Gasteiger partial charge in [-0.05, 0) is 11.4 Å². The van der Waals surface area contributed by atoms with E-state index in [1.54, 1.807) is 11.3 Å². The molecule has 1 aromatic heterocycles. The van der Waals surface area contributed by atoms with Crippen molar-refractivity contribution in [3.05, 3.63) is 33.8 Å². The molecular weight excluding hydrogens is 172 g/mol. The van der Waals surface area contributed by atoms with E-state index in [0.717, 1.165) is 4.88 Å². The molecule has 0 bridgehead atoms. The smallest absolute Gasteiger partial charge is 0.300 e. The molecule has 0 aliphatic rings. The lowest BCUT2D eigenvalue weighted by Gasteiger charge is -1.96. The van der Waals surface area contributed by atoms with E-state index in [2.05, 4.69) is 10.2 Å². The molecule has 4 heteroatoms. The van der Waals surface area contributed by atoms with Crippen LogP contribution >= 0.6 is 11.3 Å². The third kappa shape index (κ3) is 2.72. The van der Waals surface area contributed by atoms with Gasteiger partial charge in [-0.1, -0.05) is 6.07 Å². The van der Waals surface area contributed by atoms with Crippen molar-refractivity contribution in [2.24, 2.45) is 0 Å². The Morgan fingerprint density at radius 2 is 2.58 bits per heavy atom. The van der Waals surface area contributed by atoms with Crippen molar-refractivity contribution < 1.29 is 4.79 Å². The second kappa shape index (κ2) is 4.52. The van der Waals surface area contributed by atoms with Crippen LogP contribution in [0, 0.1) is 6.57 Å². The molecule has 1 rings (SSSR count). The Morgan fingerprint density at radius 1 is 1.75 bits per heavy atom. The number of hydrogen-bond acceptors (Lipinski definition) is 2. The molecule has 0 saturated carbocycles. The van der Waals surface area contributed by atoms with Gasteiger partial charge in [-0.2, -0.15) is 0 Å². The Hall–Kier alpha value is -1.34. The summed E-state index contributed by atoms with van der Waals surface area (Å²) in [5, 5.41) is 4.60. The molecule has 0 spiro atoms. The zero-order chi connectivity index (χ0) is 8.81. The van der Waals surface area contributed by atoms with Gasteiger partial charge in [0.25, 0.3) is 12.5 Å². The third-order valence-electron chi connectivity index (χ3n) is 1.26. The van der Waals surface area contributed by atoms with Crippen LogP contribution in [0.2, 0.25) is 0 Å². The highest BCUT2D eigenvalue weighted by Gasteiger charge is 2.02. The van der Waals surface area contributed by atoms with Gasteiger partial charge in [-0.15, -0.1) is 11.3 Å². The Labute approximate surface area is 74.8 Å². The van der Waals surface area contributed by atoms with Gasteiger partial charge in [0.05, 0.1) is 6.54 Å². The molecular formula is C8H8N2OS. The fourth-order valence-electron chi connectivity index (χ4n) is 0.727. The van der Waals surface area contributed by atoms with Gasteiger partial charge in [0, 0.05) is 4.88 Å². The van der Waals surface area contributed by atoms with Crippen LogP contribution in [0.4, 0.5) is 0 Å². The summed E-state index contributed by atoms with van der Waals surface area (Å²) in [4.78, 5) is 14.9. The summed E-state index contributed by atoms with van der Waals surface area (Å²) in [7, 11) is 0. The van der Waals surface area contributed by atoms with E-state index in [4.69, 9.17) is 6.57 Å². The molecule has 12 heavy (non-hydrogen) atoms. The fourth-order valence-corrected chi connectivity index (χ4v) is 1.37. The van der Waals surface area contributed by atoms with Crippen molar-refractivity contribution in [1.29, 1.82) is 0 Å². The first kappa shape index (κ1) is 8.75. The van der Waals surface area contributed by atoms with Gasteiger partial charge < -0.3 is 10.2 Å². The zero-order valence-electron chi connectivity index (χ0n) is 6.41.